The van der Waals surface area contributed by atoms with Crippen molar-refractivity contribution >= 4 is 49.4 Å². The lowest BCUT2D eigenvalue weighted by atomic mass is 10.1. The third kappa shape index (κ3) is 4.58. The van der Waals surface area contributed by atoms with Crippen molar-refractivity contribution in [2.75, 3.05) is 11.9 Å². The van der Waals surface area contributed by atoms with Gasteiger partial charge in [-0.2, -0.15) is 0 Å². The van der Waals surface area contributed by atoms with E-state index >= 15 is 0 Å². The molecule has 0 heterocycles. The van der Waals surface area contributed by atoms with E-state index in [1.165, 1.54) is 12.1 Å². The average Bonchev–Trinajstić information content (AvgIpc) is 2.50. The number of carboxylic acids is 1. The van der Waals surface area contributed by atoms with Gasteiger partial charge >= 0.3 is 5.97 Å². The summed E-state index contributed by atoms with van der Waals surface area (Å²) in [6.07, 6.45) is 0. The molecule has 0 aromatic heterocycles. The number of amides is 1. The lowest BCUT2D eigenvalue weighted by Gasteiger charge is -2.12. The Morgan fingerprint density at radius 3 is 2.25 bits per heavy atom. The van der Waals surface area contributed by atoms with Gasteiger partial charge in [-0.15, -0.1) is 0 Å². The first-order chi connectivity index (χ1) is 11.3. The molecule has 7 heteroatoms. The van der Waals surface area contributed by atoms with E-state index in [0.29, 0.717) is 20.4 Å². The van der Waals surface area contributed by atoms with E-state index in [4.69, 9.17) is 9.84 Å². The fourth-order valence-electron chi connectivity index (χ4n) is 1.98. The van der Waals surface area contributed by atoms with Crippen LogP contribution in [0.15, 0.2) is 39.3 Å². The standard InChI is InChI=1S/C17H15Br2NO4/c1-9-3-4-12(5-10(9)2)20-15(21)8-24-16-13(18)6-11(17(22)23)7-14(16)19/h3-7H,8H2,1-2H3,(H,20,21)(H,22,23). The fourth-order valence-corrected chi connectivity index (χ4v) is 3.39. The quantitative estimate of drug-likeness (QED) is 0.692. The normalized spacial score (nSPS) is 10.3. The van der Waals surface area contributed by atoms with E-state index in [1.54, 1.807) is 0 Å². The van der Waals surface area contributed by atoms with E-state index in [0.717, 1.165) is 11.1 Å². The van der Waals surface area contributed by atoms with Gasteiger partial charge in [0.25, 0.3) is 5.91 Å². The number of hydrogen-bond donors (Lipinski definition) is 2. The van der Waals surface area contributed by atoms with Gasteiger partial charge in [0.05, 0.1) is 14.5 Å². The number of carboxylic acid groups (broad SMARTS) is 1. The molecule has 0 radical (unpaired) electrons. The van der Waals surface area contributed by atoms with E-state index in [2.05, 4.69) is 37.2 Å². The minimum absolute atomic E-state index is 0.112. The summed E-state index contributed by atoms with van der Waals surface area (Å²) in [6, 6.07) is 8.49. The first kappa shape index (κ1) is 18.5. The Morgan fingerprint density at radius 1 is 1.08 bits per heavy atom. The van der Waals surface area contributed by atoms with Gasteiger partial charge < -0.3 is 15.2 Å². The molecule has 0 spiro atoms. The Balaban J connectivity index is 2.03. The van der Waals surface area contributed by atoms with Crippen LogP contribution < -0.4 is 10.1 Å². The molecule has 1 amide bonds. The maximum absolute atomic E-state index is 12.0. The van der Waals surface area contributed by atoms with Crippen molar-refractivity contribution in [3.8, 4) is 5.75 Å². The minimum Gasteiger partial charge on any atom is -0.481 e. The van der Waals surface area contributed by atoms with Gasteiger partial charge in [0.15, 0.2) is 6.61 Å². The van der Waals surface area contributed by atoms with Gasteiger partial charge in [-0.3, -0.25) is 4.79 Å². The maximum Gasteiger partial charge on any atom is 0.335 e. The number of carbonyl (C=O) groups excluding carboxylic acids is 1. The monoisotopic (exact) mass is 455 g/mol. The van der Waals surface area contributed by atoms with Crippen LogP contribution in [0.2, 0.25) is 0 Å². The van der Waals surface area contributed by atoms with Gasteiger partial charge in [0.1, 0.15) is 5.75 Å². The van der Waals surface area contributed by atoms with Gasteiger partial charge in [0.2, 0.25) is 0 Å². The molecular formula is C17H15Br2NO4. The highest BCUT2D eigenvalue weighted by atomic mass is 79.9. The van der Waals surface area contributed by atoms with Crippen molar-refractivity contribution in [1.29, 1.82) is 0 Å². The summed E-state index contributed by atoms with van der Waals surface area (Å²) < 4.78 is 6.40. The third-order valence-electron chi connectivity index (χ3n) is 3.38. The lowest BCUT2D eigenvalue weighted by Crippen LogP contribution is -2.20. The smallest absolute Gasteiger partial charge is 0.335 e. The van der Waals surface area contributed by atoms with Crippen LogP contribution in [0.4, 0.5) is 5.69 Å². The molecule has 2 rings (SSSR count). The van der Waals surface area contributed by atoms with Crippen molar-refractivity contribution in [1.82, 2.24) is 0 Å². The molecule has 24 heavy (non-hydrogen) atoms. The van der Waals surface area contributed by atoms with Gasteiger partial charge in [-0.1, -0.05) is 6.07 Å². The summed E-state index contributed by atoms with van der Waals surface area (Å²) in [7, 11) is 0. The van der Waals surface area contributed by atoms with Gasteiger partial charge in [-0.05, 0) is 81.1 Å². The predicted octanol–water partition coefficient (Wildman–Crippen LogP) is 4.54. The molecule has 0 aliphatic carbocycles. The number of anilines is 1. The van der Waals surface area contributed by atoms with Crippen LogP contribution in [0.3, 0.4) is 0 Å². The van der Waals surface area contributed by atoms with Crippen molar-refractivity contribution in [3.05, 3.63) is 56.0 Å². The second-order valence-electron chi connectivity index (χ2n) is 5.21. The molecule has 2 aromatic carbocycles. The molecule has 5 nitrogen and oxygen atoms in total. The molecule has 0 bridgehead atoms. The van der Waals surface area contributed by atoms with Crippen molar-refractivity contribution in [2.24, 2.45) is 0 Å². The van der Waals surface area contributed by atoms with E-state index in [-0.39, 0.29) is 18.1 Å². The largest absolute Gasteiger partial charge is 0.481 e. The first-order valence-electron chi connectivity index (χ1n) is 7.00. The van der Waals surface area contributed by atoms with Crippen molar-refractivity contribution < 1.29 is 19.4 Å². The Bertz CT molecular complexity index is 782. The summed E-state index contributed by atoms with van der Waals surface area (Å²) in [5.41, 5.74) is 3.05. The van der Waals surface area contributed by atoms with Crippen molar-refractivity contribution in [2.45, 2.75) is 13.8 Å². The number of carbonyl (C=O) groups is 2. The average molecular weight is 457 g/mol. The van der Waals surface area contributed by atoms with Gasteiger partial charge in [0, 0.05) is 5.69 Å². The van der Waals surface area contributed by atoms with Crippen molar-refractivity contribution in [3.63, 3.8) is 0 Å². The number of aromatic carboxylic acids is 1. The van der Waals surface area contributed by atoms with Crippen LogP contribution in [0.25, 0.3) is 0 Å². The summed E-state index contributed by atoms with van der Waals surface area (Å²) in [4.78, 5) is 23.0. The highest BCUT2D eigenvalue weighted by Crippen LogP contribution is 2.34. The number of rotatable bonds is 5. The summed E-state index contributed by atoms with van der Waals surface area (Å²) in [5, 5.41) is 11.8. The number of hydrogen-bond acceptors (Lipinski definition) is 3. The molecule has 0 aliphatic heterocycles. The molecular weight excluding hydrogens is 442 g/mol. The number of ether oxygens (including phenoxy) is 1. The van der Waals surface area contributed by atoms with Crippen LogP contribution in [0.1, 0.15) is 21.5 Å². The Hall–Kier alpha value is -1.86. The highest BCUT2D eigenvalue weighted by molar-refractivity contribution is 9.11. The van der Waals surface area contributed by atoms with Crippen LogP contribution in [-0.2, 0) is 4.79 Å². The molecule has 0 unspecified atom stereocenters. The molecule has 0 saturated heterocycles. The molecule has 0 fully saturated rings. The van der Waals surface area contributed by atoms with Crippen LogP contribution in [-0.4, -0.2) is 23.6 Å². The zero-order chi connectivity index (χ0) is 17.9. The zero-order valence-electron chi connectivity index (χ0n) is 13.0. The molecule has 126 valence electrons. The van der Waals surface area contributed by atoms with Crippen LogP contribution >= 0.6 is 31.9 Å². The third-order valence-corrected chi connectivity index (χ3v) is 4.56. The van der Waals surface area contributed by atoms with Crippen LogP contribution in [0.5, 0.6) is 5.75 Å². The highest BCUT2D eigenvalue weighted by Gasteiger charge is 2.14. The molecule has 0 saturated carbocycles. The zero-order valence-corrected chi connectivity index (χ0v) is 16.2. The SMILES string of the molecule is Cc1ccc(NC(=O)COc2c(Br)cc(C(=O)O)cc2Br)cc1C. The predicted molar refractivity (Wildman–Crippen MR) is 98.8 cm³/mol. The maximum atomic E-state index is 12.0. The topological polar surface area (TPSA) is 75.6 Å². The summed E-state index contributed by atoms with van der Waals surface area (Å²) in [5.74, 6) is -0.981. The molecule has 2 N–H and O–H groups in total. The Labute approximate surface area is 156 Å². The number of aryl methyl sites for hydroxylation is 2. The Kier molecular flexibility index (Phi) is 6.01. The summed E-state index contributed by atoms with van der Waals surface area (Å²) in [6.45, 7) is 3.77. The van der Waals surface area contributed by atoms with Crippen LogP contribution in [0, 0.1) is 13.8 Å². The second kappa shape index (κ2) is 7.81. The summed E-state index contributed by atoms with van der Waals surface area (Å²) >= 11 is 6.50. The number of halogens is 2. The second-order valence-corrected chi connectivity index (χ2v) is 6.92. The fraction of sp³-hybridized carbons (Fsp3) is 0.176. The van der Waals surface area contributed by atoms with Gasteiger partial charge in [-0.25, -0.2) is 4.79 Å². The first-order valence-corrected chi connectivity index (χ1v) is 8.58. The van der Waals surface area contributed by atoms with E-state index in [9.17, 15) is 9.59 Å². The molecule has 0 atom stereocenters. The molecule has 0 aliphatic rings. The number of nitrogens with one attached hydrogen (secondary N) is 1. The molecule has 2 aromatic rings. The van der Waals surface area contributed by atoms with E-state index < -0.39 is 5.97 Å². The van der Waals surface area contributed by atoms with E-state index in [1.807, 2.05) is 32.0 Å². The number of benzene rings is 2. The Morgan fingerprint density at radius 2 is 1.71 bits per heavy atom. The minimum atomic E-state index is -1.05. The lowest BCUT2D eigenvalue weighted by molar-refractivity contribution is -0.118.